The van der Waals surface area contributed by atoms with Crippen LogP contribution in [-0.4, -0.2) is 29.6 Å². The number of rotatable bonds is 6. The summed E-state index contributed by atoms with van der Waals surface area (Å²) in [4.78, 5) is 32.8. The Labute approximate surface area is 130 Å². The van der Waals surface area contributed by atoms with Crippen molar-refractivity contribution in [2.24, 2.45) is 0 Å². The van der Waals surface area contributed by atoms with E-state index < -0.39 is 34.5 Å². The van der Waals surface area contributed by atoms with Gasteiger partial charge in [-0.2, -0.15) is 4.39 Å². The number of hydrogen-bond acceptors (Lipinski definition) is 6. The van der Waals surface area contributed by atoms with Gasteiger partial charge in [0.25, 0.3) is 0 Å². The minimum atomic E-state index is -1.16. The molecule has 0 heterocycles. The number of halogens is 2. The fourth-order valence-electron chi connectivity index (χ4n) is 1.58. The number of benzene rings is 1. The SMILES string of the molecule is CCOC(=O)CC(C)OC(=O)c1cc([N+](=O)[O-])c(F)cc1Cl. The summed E-state index contributed by atoms with van der Waals surface area (Å²) in [6, 6.07) is 1.35. The lowest BCUT2D eigenvalue weighted by Crippen LogP contribution is -2.20. The fourth-order valence-corrected chi connectivity index (χ4v) is 1.80. The van der Waals surface area contributed by atoms with Gasteiger partial charge in [0.05, 0.1) is 28.5 Å². The molecule has 0 bridgehead atoms. The lowest BCUT2D eigenvalue weighted by Gasteiger charge is -2.13. The standard InChI is InChI=1S/C13H13ClFNO6/c1-3-21-12(17)4-7(2)22-13(18)8-5-11(16(19)20)10(15)6-9(8)14/h5-7H,3-4H2,1-2H3. The highest BCUT2D eigenvalue weighted by atomic mass is 35.5. The smallest absolute Gasteiger partial charge is 0.340 e. The maximum Gasteiger partial charge on any atom is 0.340 e. The maximum atomic E-state index is 13.3. The summed E-state index contributed by atoms with van der Waals surface area (Å²) < 4.78 is 23.0. The molecule has 0 amide bonds. The van der Waals surface area contributed by atoms with E-state index in [4.69, 9.17) is 21.1 Å². The van der Waals surface area contributed by atoms with Crippen LogP contribution in [0.15, 0.2) is 12.1 Å². The van der Waals surface area contributed by atoms with Gasteiger partial charge in [0, 0.05) is 12.1 Å². The topological polar surface area (TPSA) is 95.7 Å². The van der Waals surface area contributed by atoms with Crippen molar-refractivity contribution in [1.82, 2.24) is 0 Å². The second-order valence-corrected chi connectivity index (χ2v) is 4.67. The van der Waals surface area contributed by atoms with E-state index in [0.717, 1.165) is 0 Å². The van der Waals surface area contributed by atoms with E-state index in [-0.39, 0.29) is 23.6 Å². The van der Waals surface area contributed by atoms with Gasteiger partial charge in [-0.1, -0.05) is 11.6 Å². The zero-order valence-corrected chi connectivity index (χ0v) is 12.6. The number of carbonyl (C=O) groups excluding carboxylic acids is 2. The number of esters is 2. The molecule has 120 valence electrons. The van der Waals surface area contributed by atoms with Crippen LogP contribution in [0.1, 0.15) is 30.6 Å². The molecule has 9 heteroatoms. The third-order valence-corrected chi connectivity index (χ3v) is 2.83. The molecule has 1 atom stereocenters. The Hall–Kier alpha value is -2.22. The van der Waals surface area contributed by atoms with E-state index in [1.54, 1.807) is 6.92 Å². The van der Waals surface area contributed by atoms with Crippen molar-refractivity contribution in [2.75, 3.05) is 6.61 Å². The van der Waals surface area contributed by atoms with E-state index in [1.165, 1.54) is 6.92 Å². The summed E-state index contributed by atoms with van der Waals surface area (Å²) >= 11 is 5.68. The second kappa shape index (κ2) is 7.69. The largest absolute Gasteiger partial charge is 0.466 e. The highest BCUT2D eigenvalue weighted by Crippen LogP contribution is 2.26. The third kappa shape index (κ3) is 4.66. The first kappa shape index (κ1) is 17.8. The van der Waals surface area contributed by atoms with Crippen molar-refractivity contribution in [1.29, 1.82) is 0 Å². The van der Waals surface area contributed by atoms with Gasteiger partial charge in [0.1, 0.15) is 6.10 Å². The lowest BCUT2D eigenvalue weighted by atomic mass is 10.2. The molecule has 0 saturated heterocycles. The predicted molar refractivity (Wildman–Crippen MR) is 74.2 cm³/mol. The summed E-state index contributed by atoms with van der Waals surface area (Å²) in [5.74, 6) is -2.71. The quantitative estimate of drug-likeness (QED) is 0.451. The van der Waals surface area contributed by atoms with Crippen molar-refractivity contribution in [3.8, 4) is 0 Å². The maximum absolute atomic E-state index is 13.3. The van der Waals surface area contributed by atoms with Gasteiger partial charge in [-0.15, -0.1) is 0 Å². The van der Waals surface area contributed by atoms with Crippen LogP contribution in [0.25, 0.3) is 0 Å². The highest BCUT2D eigenvalue weighted by molar-refractivity contribution is 6.33. The minimum absolute atomic E-state index is 0.180. The molecule has 0 radical (unpaired) electrons. The molecule has 0 spiro atoms. The molecule has 1 rings (SSSR count). The average molecular weight is 334 g/mol. The number of nitrogens with zero attached hydrogens (tertiary/aromatic N) is 1. The summed E-state index contributed by atoms with van der Waals surface area (Å²) in [7, 11) is 0. The number of nitro groups is 1. The normalized spacial score (nSPS) is 11.6. The Morgan fingerprint density at radius 3 is 2.64 bits per heavy atom. The molecule has 0 aliphatic rings. The molecule has 0 N–H and O–H groups in total. The Kier molecular flexibility index (Phi) is 6.24. The van der Waals surface area contributed by atoms with Gasteiger partial charge in [-0.05, 0) is 13.8 Å². The molecule has 0 aromatic heterocycles. The van der Waals surface area contributed by atoms with E-state index >= 15 is 0 Å². The summed E-state index contributed by atoms with van der Waals surface area (Å²) in [5.41, 5.74) is -1.25. The van der Waals surface area contributed by atoms with Crippen LogP contribution < -0.4 is 0 Å². The minimum Gasteiger partial charge on any atom is -0.466 e. The number of ether oxygens (including phenoxy) is 2. The van der Waals surface area contributed by atoms with Gasteiger partial charge in [-0.25, -0.2) is 4.79 Å². The monoisotopic (exact) mass is 333 g/mol. The predicted octanol–water partition coefficient (Wildman–Crippen LogP) is 2.89. The van der Waals surface area contributed by atoms with Crippen molar-refractivity contribution in [3.05, 3.63) is 38.7 Å². The van der Waals surface area contributed by atoms with E-state index in [2.05, 4.69) is 0 Å². The fraction of sp³-hybridized carbons (Fsp3) is 0.385. The molecule has 0 aliphatic carbocycles. The molecule has 7 nitrogen and oxygen atoms in total. The first-order valence-electron chi connectivity index (χ1n) is 6.26. The van der Waals surface area contributed by atoms with Crippen LogP contribution in [0.4, 0.5) is 10.1 Å². The van der Waals surface area contributed by atoms with Crippen molar-refractivity contribution in [2.45, 2.75) is 26.4 Å². The van der Waals surface area contributed by atoms with E-state index in [9.17, 15) is 24.1 Å². The zero-order chi connectivity index (χ0) is 16.9. The van der Waals surface area contributed by atoms with Gasteiger partial charge >= 0.3 is 17.6 Å². The highest BCUT2D eigenvalue weighted by Gasteiger charge is 2.24. The summed E-state index contributed by atoms with van der Waals surface area (Å²) in [5, 5.41) is 10.3. The molecule has 0 fully saturated rings. The molecule has 0 aliphatic heterocycles. The van der Waals surface area contributed by atoms with Crippen LogP contribution >= 0.6 is 11.6 Å². The first-order chi connectivity index (χ1) is 10.3. The number of hydrogen-bond donors (Lipinski definition) is 0. The summed E-state index contributed by atoms with van der Waals surface area (Å²) in [6.07, 6.45) is -1.01. The van der Waals surface area contributed by atoms with Gasteiger partial charge in [0.15, 0.2) is 0 Å². The van der Waals surface area contributed by atoms with Crippen LogP contribution in [-0.2, 0) is 14.3 Å². The Bertz CT molecular complexity index is 606. The lowest BCUT2D eigenvalue weighted by molar-refractivity contribution is -0.387. The van der Waals surface area contributed by atoms with Gasteiger partial charge < -0.3 is 9.47 Å². The number of carbonyl (C=O) groups is 2. The van der Waals surface area contributed by atoms with Crippen molar-refractivity contribution >= 4 is 29.2 Å². The molecule has 1 unspecified atom stereocenters. The first-order valence-corrected chi connectivity index (χ1v) is 6.64. The van der Waals surface area contributed by atoms with Crippen molar-refractivity contribution in [3.63, 3.8) is 0 Å². The Morgan fingerprint density at radius 2 is 2.09 bits per heavy atom. The molecule has 1 aromatic carbocycles. The van der Waals surface area contributed by atoms with E-state index in [1.807, 2.05) is 0 Å². The van der Waals surface area contributed by atoms with Crippen LogP contribution in [0.5, 0.6) is 0 Å². The van der Waals surface area contributed by atoms with Gasteiger partial charge in [-0.3, -0.25) is 14.9 Å². The molecular weight excluding hydrogens is 321 g/mol. The Balaban J connectivity index is 2.87. The second-order valence-electron chi connectivity index (χ2n) is 4.27. The van der Waals surface area contributed by atoms with Crippen LogP contribution in [0.2, 0.25) is 5.02 Å². The molecule has 22 heavy (non-hydrogen) atoms. The van der Waals surface area contributed by atoms with E-state index in [0.29, 0.717) is 12.1 Å². The van der Waals surface area contributed by atoms with Crippen LogP contribution in [0.3, 0.4) is 0 Å². The molecular formula is C13H13ClFNO6. The number of nitro benzene ring substituents is 1. The van der Waals surface area contributed by atoms with Crippen molar-refractivity contribution < 1.29 is 28.4 Å². The Morgan fingerprint density at radius 1 is 1.45 bits per heavy atom. The average Bonchev–Trinajstić information content (AvgIpc) is 2.37. The van der Waals surface area contributed by atoms with Gasteiger partial charge in [0.2, 0.25) is 5.82 Å². The molecule has 1 aromatic rings. The molecule has 0 saturated carbocycles. The summed E-state index contributed by atoms with van der Waals surface area (Å²) in [6.45, 7) is 3.27. The zero-order valence-electron chi connectivity index (χ0n) is 11.8. The third-order valence-electron chi connectivity index (χ3n) is 2.52. The van der Waals surface area contributed by atoms with Crippen LogP contribution in [0, 0.1) is 15.9 Å².